The molecule has 2 rings (SSSR count). The van der Waals surface area contributed by atoms with E-state index in [9.17, 15) is 5.11 Å². The average Bonchev–Trinajstić information content (AvgIpc) is 2.89. The lowest BCUT2D eigenvalue weighted by Crippen LogP contribution is -2.40. The van der Waals surface area contributed by atoms with Gasteiger partial charge in [-0.05, 0) is 43.9 Å². The van der Waals surface area contributed by atoms with Crippen LogP contribution in [0.5, 0.6) is 5.75 Å². The largest absolute Gasteiger partial charge is 0.508 e. The van der Waals surface area contributed by atoms with Gasteiger partial charge in [-0.2, -0.15) is 0 Å². The first-order chi connectivity index (χ1) is 8.70. The Morgan fingerprint density at radius 2 is 2.33 bits per heavy atom. The van der Waals surface area contributed by atoms with Crippen molar-refractivity contribution in [3.8, 4) is 5.75 Å². The number of hydrogen-bond acceptors (Lipinski definition) is 3. The molecule has 0 aliphatic carbocycles. The molecule has 3 atom stereocenters. The summed E-state index contributed by atoms with van der Waals surface area (Å²) in [6, 6.07) is 8.07. The van der Waals surface area contributed by atoms with E-state index >= 15 is 0 Å². The number of aromatic hydroxyl groups is 1. The minimum absolute atomic E-state index is 0.228. The van der Waals surface area contributed by atoms with Crippen LogP contribution in [0.15, 0.2) is 24.3 Å². The van der Waals surface area contributed by atoms with E-state index in [4.69, 9.17) is 4.74 Å². The fourth-order valence-electron chi connectivity index (χ4n) is 2.62. The molecular formula is C15H23NO2. The second kappa shape index (κ2) is 6.21. The molecule has 2 N–H and O–H groups in total. The van der Waals surface area contributed by atoms with Crippen molar-refractivity contribution in [3.05, 3.63) is 29.8 Å². The van der Waals surface area contributed by atoms with E-state index in [1.54, 1.807) is 6.07 Å². The van der Waals surface area contributed by atoms with E-state index in [0.29, 0.717) is 17.9 Å². The predicted molar refractivity (Wildman–Crippen MR) is 72.7 cm³/mol. The number of phenolic OH excluding ortho intramolecular Hbond substituents is 1. The van der Waals surface area contributed by atoms with Gasteiger partial charge >= 0.3 is 0 Å². The fourth-order valence-corrected chi connectivity index (χ4v) is 2.62. The smallest absolute Gasteiger partial charge is 0.115 e. The fraction of sp³-hybridized carbons (Fsp3) is 0.600. The Kier molecular flexibility index (Phi) is 4.61. The Morgan fingerprint density at radius 1 is 1.50 bits per heavy atom. The molecule has 1 aliphatic heterocycles. The van der Waals surface area contributed by atoms with Gasteiger partial charge in [-0.25, -0.2) is 0 Å². The van der Waals surface area contributed by atoms with Crippen molar-refractivity contribution >= 4 is 0 Å². The van der Waals surface area contributed by atoms with Crippen LogP contribution in [0.4, 0.5) is 0 Å². The molecule has 0 bridgehead atoms. The van der Waals surface area contributed by atoms with E-state index in [2.05, 4.69) is 19.2 Å². The molecule has 3 nitrogen and oxygen atoms in total. The molecule has 0 unspecified atom stereocenters. The Balaban J connectivity index is 1.98. The quantitative estimate of drug-likeness (QED) is 0.843. The van der Waals surface area contributed by atoms with Gasteiger partial charge < -0.3 is 15.2 Å². The normalized spacial score (nSPS) is 22.9. The number of rotatable bonds is 5. The number of ether oxygens (including phenoxy) is 1. The van der Waals surface area contributed by atoms with Crippen molar-refractivity contribution in [3.63, 3.8) is 0 Å². The lowest BCUT2D eigenvalue weighted by Gasteiger charge is -2.27. The summed E-state index contributed by atoms with van der Waals surface area (Å²) in [5.41, 5.74) is 1.12. The third-order valence-corrected chi connectivity index (χ3v) is 3.69. The standard InChI is InChI=1S/C15H23NO2/c1-3-14(15-8-5-9-18-15)16-11(2)12-6-4-7-13(17)10-12/h4,6-7,10-11,14-17H,3,5,8-9H2,1-2H3/t11-,14+,15-/m1/s1. The maximum Gasteiger partial charge on any atom is 0.115 e. The second-order valence-corrected chi connectivity index (χ2v) is 5.05. The monoisotopic (exact) mass is 249 g/mol. The van der Waals surface area contributed by atoms with Gasteiger partial charge in [-0.3, -0.25) is 0 Å². The van der Waals surface area contributed by atoms with Gasteiger partial charge in [0.2, 0.25) is 0 Å². The van der Waals surface area contributed by atoms with Gasteiger partial charge in [0.25, 0.3) is 0 Å². The summed E-state index contributed by atoms with van der Waals surface area (Å²) in [7, 11) is 0. The molecule has 0 saturated carbocycles. The van der Waals surface area contributed by atoms with E-state index < -0.39 is 0 Å². The summed E-state index contributed by atoms with van der Waals surface area (Å²) in [5.74, 6) is 0.325. The van der Waals surface area contributed by atoms with E-state index in [0.717, 1.165) is 25.0 Å². The van der Waals surface area contributed by atoms with Crippen molar-refractivity contribution in [1.82, 2.24) is 5.32 Å². The van der Waals surface area contributed by atoms with Gasteiger partial charge in [-0.1, -0.05) is 19.1 Å². The van der Waals surface area contributed by atoms with Crippen LogP contribution in [-0.4, -0.2) is 23.9 Å². The number of hydrogen-bond donors (Lipinski definition) is 2. The molecule has 0 amide bonds. The highest BCUT2D eigenvalue weighted by molar-refractivity contribution is 5.29. The van der Waals surface area contributed by atoms with Crippen LogP contribution in [0.3, 0.4) is 0 Å². The van der Waals surface area contributed by atoms with Gasteiger partial charge in [0.15, 0.2) is 0 Å². The first-order valence-corrected chi connectivity index (χ1v) is 6.87. The number of nitrogens with one attached hydrogen (secondary N) is 1. The third-order valence-electron chi connectivity index (χ3n) is 3.69. The summed E-state index contributed by atoms with van der Waals surface area (Å²) in [4.78, 5) is 0. The topological polar surface area (TPSA) is 41.5 Å². The maximum atomic E-state index is 9.51. The van der Waals surface area contributed by atoms with Crippen LogP contribution in [0, 0.1) is 0 Å². The Labute approximate surface area is 109 Å². The Morgan fingerprint density at radius 3 is 2.94 bits per heavy atom. The lowest BCUT2D eigenvalue weighted by molar-refractivity contribution is 0.0735. The number of phenols is 1. The predicted octanol–water partition coefficient (Wildman–Crippen LogP) is 3.00. The summed E-state index contributed by atoms with van der Waals surface area (Å²) in [5, 5.41) is 13.1. The van der Waals surface area contributed by atoms with Crippen LogP contribution in [0.1, 0.15) is 44.7 Å². The van der Waals surface area contributed by atoms with Crippen LogP contribution in [-0.2, 0) is 4.74 Å². The molecular weight excluding hydrogens is 226 g/mol. The highest BCUT2D eigenvalue weighted by Gasteiger charge is 2.25. The number of benzene rings is 1. The van der Waals surface area contributed by atoms with Crippen LogP contribution < -0.4 is 5.32 Å². The van der Waals surface area contributed by atoms with E-state index in [-0.39, 0.29) is 6.04 Å². The minimum atomic E-state index is 0.228. The second-order valence-electron chi connectivity index (χ2n) is 5.05. The molecule has 1 aromatic carbocycles. The average molecular weight is 249 g/mol. The molecule has 1 aromatic rings. The zero-order valence-corrected chi connectivity index (χ0v) is 11.2. The van der Waals surface area contributed by atoms with Gasteiger partial charge in [-0.15, -0.1) is 0 Å². The van der Waals surface area contributed by atoms with Gasteiger partial charge in [0.1, 0.15) is 5.75 Å². The van der Waals surface area contributed by atoms with E-state index in [1.807, 2.05) is 18.2 Å². The van der Waals surface area contributed by atoms with Crippen LogP contribution in [0.2, 0.25) is 0 Å². The molecule has 1 heterocycles. The van der Waals surface area contributed by atoms with Gasteiger partial charge in [0.05, 0.1) is 6.10 Å². The minimum Gasteiger partial charge on any atom is -0.508 e. The van der Waals surface area contributed by atoms with E-state index in [1.165, 1.54) is 6.42 Å². The molecule has 0 spiro atoms. The summed E-state index contributed by atoms with van der Waals surface area (Å²) in [6.07, 6.45) is 3.73. The molecule has 1 fully saturated rings. The summed E-state index contributed by atoms with van der Waals surface area (Å²) < 4.78 is 5.75. The maximum absolute atomic E-state index is 9.51. The molecule has 0 radical (unpaired) electrons. The first kappa shape index (κ1) is 13.4. The Bertz CT molecular complexity index is 375. The molecule has 0 aromatic heterocycles. The molecule has 1 saturated heterocycles. The zero-order valence-electron chi connectivity index (χ0n) is 11.2. The SMILES string of the molecule is CC[C@H](N[C@H](C)c1cccc(O)c1)[C@H]1CCCO1. The molecule has 100 valence electrons. The van der Waals surface area contributed by atoms with Crippen molar-refractivity contribution < 1.29 is 9.84 Å². The van der Waals surface area contributed by atoms with Crippen LogP contribution >= 0.6 is 0 Å². The molecule has 3 heteroatoms. The molecule has 1 aliphatic rings. The van der Waals surface area contributed by atoms with Crippen molar-refractivity contribution in [2.45, 2.75) is 51.3 Å². The third kappa shape index (κ3) is 3.24. The highest BCUT2D eigenvalue weighted by Crippen LogP contribution is 2.22. The van der Waals surface area contributed by atoms with Crippen molar-refractivity contribution in [2.75, 3.05) is 6.61 Å². The summed E-state index contributed by atoms with van der Waals surface area (Å²) >= 11 is 0. The lowest BCUT2D eigenvalue weighted by atomic mass is 10.0. The van der Waals surface area contributed by atoms with Gasteiger partial charge in [0, 0.05) is 18.7 Å². The zero-order chi connectivity index (χ0) is 13.0. The van der Waals surface area contributed by atoms with Crippen LogP contribution in [0.25, 0.3) is 0 Å². The summed E-state index contributed by atoms with van der Waals surface area (Å²) in [6.45, 7) is 5.21. The highest BCUT2D eigenvalue weighted by atomic mass is 16.5. The Hall–Kier alpha value is -1.06. The molecule has 18 heavy (non-hydrogen) atoms. The van der Waals surface area contributed by atoms with Crippen molar-refractivity contribution in [1.29, 1.82) is 0 Å². The first-order valence-electron chi connectivity index (χ1n) is 6.87. The van der Waals surface area contributed by atoms with Crippen molar-refractivity contribution in [2.24, 2.45) is 0 Å².